The van der Waals surface area contributed by atoms with Crippen LogP contribution >= 0.6 is 0 Å². The van der Waals surface area contributed by atoms with E-state index in [-0.39, 0.29) is 5.91 Å². The number of benzene rings is 1. The predicted octanol–water partition coefficient (Wildman–Crippen LogP) is 4.74. The van der Waals surface area contributed by atoms with E-state index in [0.29, 0.717) is 24.0 Å². The van der Waals surface area contributed by atoms with Gasteiger partial charge >= 0.3 is 0 Å². The first-order valence-electron chi connectivity index (χ1n) is 11.6. The molecule has 174 valence electrons. The van der Waals surface area contributed by atoms with Crippen LogP contribution in [0.5, 0.6) is 11.6 Å². The minimum atomic E-state index is -0.0456. The van der Waals surface area contributed by atoms with E-state index >= 15 is 0 Å². The lowest BCUT2D eigenvalue weighted by molar-refractivity contribution is 0.0744. The largest absolute Gasteiger partial charge is 0.495 e. The smallest absolute Gasteiger partial charge is 0.273 e. The van der Waals surface area contributed by atoms with Crippen molar-refractivity contribution < 1.29 is 14.3 Å². The Kier molecular flexibility index (Phi) is 6.16. The molecule has 5 rings (SSSR count). The summed E-state index contributed by atoms with van der Waals surface area (Å²) in [6.07, 6.45) is 8.50. The first-order valence-corrected chi connectivity index (χ1v) is 11.6. The van der Waals surface area contributed by atoms with Crippen molar-refractivity contribution in [2.75, 3.05) is 27.3 Å². The maximum Gasteiger partial charge on any atom is 0.273 e. The van der Waals surface area contributed by atoms with Crippen molar-refractivity contribution >= 4 is 16.8 Å². The monoisotopic (exact) mass is 456 g/mol. The highest BCUT2D eigenvalue weighted by atomic mass is 16.5. The highest BCUT2D eigenvalue weighted by Gasteiger charge is 2.29. The summed E-state index contributed by atoms with van der Waals surface area (Å²) in [5.41, 5.74) is 4.23. The molecular weight excluding hydrogens is 428 g/mol. The lowest BCUT2D eigenvalue weighted by Gasteiger charge is -2.23. The summed E-state index contributed by atoms with van der Waals surface area (Å²) in [4.78, 5) is 27.8. The Labute approximate surface area is 198 Å². The molecular formula is C27H28N4O3. The van der Waals surface area contributed by atoms with Crippen LogP contribution in [0.15, 0.2) is 61.1 Å². The number of carbonyl (C=O) groups is 1. The van der Waals surface area contributed by atoms with Gasteiger partial charge in [0, 0.05) is 54.3 Å². The Hall–Kier alpha value is -3.87. The van der Waals surface area contributed by atoms with E-state index in [2.05, 4.69) is 21.0 Å². The number of hydrogen-bond acceptors (Lipinski definition) is 5. The minimum Gasteiger partial charge on any atom is -0.495 e. The van der Waals surface area contributed by atoms with E-state index in [0.717, 1.165) is 40.7 Å². The van der Waals surface area contributed by atoms with Gasteiger partial charge in [-0.15, -0.1) is 0 Å². The SMILES string of the molecule is COc1ccc(-c2cccnc2C(=O)N(CCc2c[nH]c3c(OC)cccc23)CC2CC2)cn1. The maximum atomic E-state index is 13.7. The molecule has 1 aliphatic rings. The molecule has 7 nitrogen and oxygen atoms in total. The van der Waals surface area contributed by atoms with E-state index in [4.69, 9.17) is 9.47 Å². The van der Waals surface area contributed by atoms with E-state index in [1.807, 2.05) is 41.4 Å². The molecule has 0 unspecified atom stereocenters. The summed E-state index contributed by atoms with van der Waals surface area (Å²) in [6, 6.07) is 13.5. The molecule has 1 saturated carbocycles. The van der Waals surface area contributed by atoms with Gasteiger partial charge in [0.25, 0.3) is 5.91 Å². The van der Waals surface area contributed by atoms with Gasteiger partial charge in [0.1, 0.15) is 11.4 Å². The second kappa shape index (κ2) is 9.55. The molecule has 1 aromatic carbocycles. The van der Waals surface area contributed by atoms with Crippen molar-refractivity contribution in [1.29, 1.82) is 0 Å². The second-order valence-electron chi connectivity index (χ2n) is 8.63. The number of H-pyrrole nitrogens is 1. The number of hydrogen-bond donors (Lipinski definition) is 1. The first-order chi connectivity index (χ1) is 16.7. The number of fused-ring (bicyclic) bond motifs is 1. The Balaban J connectivity index is 1.40. The fourth-order valence-corrected chi connectivity index (χ4v) is 4.32. The normalized spacial score (nSPS) is 13.1. The highest BCUT2D eigenvalue weighted by molar-refractivity contribution is 5.99. The lowest BCUT2D eigenvalue weighted by atomic mass is 10.0. The Morgan fingerprint density at radius 3 is 2.71 bits per heavy atom. The summed E-state index contributed by atoms with van der Waals surface area (Å²) < 4.78 is 10.6. The van der Waals surface area contributed by atoms with Crippen LogP contribution in [0.3, 0.4) is 0 Å². The van der Waals surface area contributed by atoms with Crippen molar-refractivity contribution in [3.05, 3.63) is 72.3 Å². The molecule has 1 amide bonds. The molecule has 3 heterocycles. The van der Waals surface area contributed by atoms with Gasteiger partial charge in [-0.25, -0.2) is 4.98 Å². The average Bonchev–Trinajstić information content (AvgIpc) is 3.62. The molecule has 0 atom stereocenters. The van der Waals surface area contributed by atoms with E-state index in [1.165, 1.54) is 18.4 Å². The fourth-order valence-electron chi connectivity index (χ4n) is 4.32. The molecule has 1 fully saturated rings. The molecule has 0 bridgehead atoms. The van der Waals surface area contributed by atoms with Gasteiger partial charge in [0.05, 0.1) is 19.7 Å². The standard InChI is InChI=1S/C27H28N4O3/c1-33-23-7-3-5-21-20(16-30-25(21)23)12-14-31(17-18-8-9-18)27(32)26-22(6-4-13-28-26)19-10-11-24(34-2)29-15-19/h3-7,10-11,13,15-16,18,30H,8-9,12,14,17H2,1-2H3. The van der Waals surface area contributed by atoms with Gasteiger partial charge < -0.3 is 19.4 Å². The van der Waals surface area contributed by atoms with Crippen LogP contribution in [0.2, 0.25) is 0 Å². The van der Waals surface area contributed by atoms with Crippen LogP contribution in [0.4, 0.5) is 0 Å². The molecule has 3 aromatic heterocycles. The first kappa shape index (κ1) is 21.9. The van der Waals surface area contributed by atoms with Gasteiger partial charge in [-0.2, -0.15) is 0 Å². The maximum absolute atomic E-state index is 13.7. The highest BCUT2D eigenvalue weighted by Crippen LogP contribution is 2.32. The van der Waals surface area contributed by atoms with Crippen molar-refractivity contribution in [1.82, 2.24) is 19.9 Å². The average molecular weight is 457 g/mol. The number of methoxy groups -OCH3 is 2. The minimum absolute atomic E-state index is 0.0456. The fraction of sp³-hybridized carbons (Fsp3) is 0.296. The molecule has 0 radical (unpaired) electrons. The molecule has 1 aliphatic carbocycles. The summed E-state index contributed by atoms with van der Waals surface area (Å²) >= 11 is 0. The number of aromatic nitrogens is 3. The third kappa shape index (κ3) is 4.46. The van der Waals surface area contributed by atoms with Crippen LogP contribution in [-0.4, -0.2) is 53.1 Å². The van der Waals surface area contributed by atoms with Crippen molar-refractivity contribution in [3.8, 4) is 22.8 Å². The van der Waals surface area contributed by atoms with E-state index < -0.39 is 0 Å². The summed E-state index contributed by atoms with van der Waals surface area (Å²) in [6.45, 7) is 1.37. The van der Waals surface area contributed by atoms with Gasteiger partial charge in [0.15, 0.2) is 0 Å². The van der Waals surface area contributed by atoms with Crippen LogP contribution in [-0.2, 0) is 6.42 Å². The molecule has 0 aliphatic heterocycles. The third-order valence-corrected chi connectivity index (χ3v) is 6.36. The van der Waals surface area contributed by atoms with Crippen LogP contribution in [0, 0.1) is 5.92 Å². The number of pyridine rings is 2. The number of nitrogens with zero attached hydrogens (tertiary/aromatic N) is 3. The van der Waals surface area contributed by atoms with Crippen LogP contribution in [0.25, 0.3) is 22.0 Å². The van der Waals surface area contributed by atoms with Gasteiger partial charge in [-0.1, -0.05) is 18.2 Å². The zero-order valence-corrected chi connectivity index (χ0v) is 19.5. The number of nitrogens with one attached hydrogen (secondary N) is 1. The Morgan fingerprint density at radius 2 is 1.97 bits per heavy atom. The van der Waals surface area contributed by atoms with E-state index in [1.54, 1.807) is 32.7 Å². The molecule has 4 aromatic rings. The third-order valence-electron chi connectivity index (χ3n) is 6.36. The Bertz CT molecular complexity index is 1290. The Morgan fingerprint density at radius 1 is 1.09 bits per heavy atom. The van der Waals surface area contributed by atoms with Crippen LogP contribution in [0.1, 0.15) is 28.9 Å². The molecule has 0 saturated heterocycles. The van der Waals surface area contributed by atoms with E-state index in [9.17, 15) is 4.79 Å². The topological polar surface area (TPSA) is 80.3 Å². The zero-order chi connectivity index (χ0) is 23.5. The number of amides is 1. The van der Waals surface area contributed by atoms with Crippen LogP contribution < -0.4 is 9.47 Å². The summed E-state index contributed by atoms with van der Waals surface area (Å²) in [5.74, 6) is 1.88. The molecule has 7 heteroatoms. The number of ether oxygens (including phenoxy) is 2. The second-order valence-corrected chi connectivity index (χ2v) is 8.63. The number of aromatic amines is 1. The number of para-hydroxylation sites is 1. The molecule has 0 spiro atoms. The van der Waals surface area contributed by atoms with Gasteiger partial charge in [-0.05, 0) is 48.9 Å². The van der Waals surface area contributed by atoms with Gasteiger partial charge in [-0.3, -0.25) is 9.78 Å². The van der Waals surface area contributed by atoms with Gasteiger partial charge in [0.2, 0.25) is 5.88 Å². The van der Waals surface area contributed by atoms with Crippen molar-refractivity contribution in [2.45, 2.75) is 19.3 Å². The number of rotatable bonds is 9. The van der Waals surface area contributed by atoms with Crippen molar-refractivity contribution in [3.63, 3.8) is 0 Å². The number of carbonyl (C=O) groups excluding carboxylic acids is 1. The molecule has 34 heavy (non-hydrogen) atoms. The quantitative estimate of drug-likeness (QED) is 0.394. The van der Waals surface area contributed by atoms with Crippen molar-refractivity contribution in [2.24, 2.45) is 5.92 Å². The summed E-state index contributed by atoms with van der Waals surface area (Å²) in [7, 11) is 3.26. The predicted molar refractivity (Wildman–Crippen MR) is 131 cm³/mol. The lowest BCUT2D eigenvalue weighted by Crippen LogP contribution is -2.35. The zero-order valence-electron chi connectivity index (χ0n) is 19.5. The summed E-state index contributed by atoms with van der Waals surface area (Å²) in [5, 5.41) is 1.13. The molecule has 1 N–H and O–H groups in total.